The largest absolute Gasteiger partial charge is 0.497 e. The quantitative estimate of drug-likeness (QED) is 0.690. The van der Waals surface area contributed by atoms with Gasteiger partial charge in [-0.15, -0.1) is 0 Å². The van der Waals surface area contributed by atoms with Gasteiger partial charge in [0.2, 0.25) is 0 Å². The minimum absolute atomic E-state index is 0.0108. The lowest BCUT2D eigenvalue weighted by Gasteiger charge is -2.34. The highest BCUT2D eigenvalue weighted by Gasteiger charge is 2.35. The molecule has 28 heavy (non-hydrogen) atoms. The van der Waals surface area contributed by atoms with Crippen molar-refractivity contribution in [1.82, 2.24) is 10.6 Å². The van der Waals surface area contributed by atoms with Gasteiger partial charge in [0.1, 0.15) is 11.4 Å². The van der Waals surface area contributed by atoms with E-state index in [1.165, 1.54) is 0 Å². The van der Waals surface area contributed by atoms with Crippen LogP contribution in [0.25, 0.3) is 0 Å². The second kappa shape index (κ2) is 8.44. The Bertz CT molecular complexity index is 863. The topological polar surface area (TPSA) is 87.7 Å². The number of carbonyl (C=O) groups excluding carboxylic acids is 2. The molecular weight excluding hydrogens is 356 g/mol. The Hall–Kier alpha value is -2.86. The number of nitrogens with one attached hydrogen (secondary N) is 2. The van der Waals surface area contributed by atoms with Gasteiger partial charge in [-0.1, -0.05) is 35.9 Å². The number of fused-ring (bicyclic) bond motifs is 1. The molecule has 0 fully saturated rings. The predicted octanol–water partition coefficient (Wildman–Crippen LogP) is 1.96. The zero-order chi connectivity index (χ0) is 20.1. The number of benzene rings is 2. The molecule has 0 radical (unpaired) electrons. The van der Waals surface area contributed by atoms with Crippen molar-refractivity contribution in [2.45, 2.75) is 38.3 Å². The van der Waals surface area contributed by atoms with E-state index in [0.29, 0.717) is 6.42 Å². The van der Waals surface area contributed by atoms with Gasteiger partial charge in [0.15, 0.2) is 0 Å². The molecule has 3 rings (SSSR count). The number of hydrogen-bond acceptors (Lipinski definition) is 4. The number of aliphatic hydroxyl groups is 1. The summed E-state index contributed by atoms with van der Waals surface area (Å²) in [5, 5.41) is 16.2. The van der Waals surface area contributed by atoms with Gasteiger partial charge in [-0.3, -0.25) is 9.59 Å². The molecule has 0 bridgehead atoms. The normalized spacial score (nSPS) is 18.1. The number of methoxy groups -OCH3 is 1. The standard InChI is InChI=1S/C22H26N2O4/c1-15-5-7-16(8-6-15)13-23-20(25)21(26)24-14-22(27)11-3-4-17-12-18(28-2)9-10-19(17)22/h5-10,12,27H,3-4,11,13-14H2,1-2H3,(H,23,25)(H,24,26). The lowest BCUT2D eigenvalue weighted by Crippen LogP contribution is -2.47. The van der Waals surface area contributed by atoms with Gasteiger partial charge in [-0.2, -0.15) is 0 Å². The summed E-state index contributed by atoms with van der Waals surface area (Å²) in [5.74, 6) is -0.723. The van der Waals surface area contributed by atoms with Crippen LogP contribution in [-0.2, 0) is 28.2 Å². The summed E-state index contributed by atoms with van der Waals surface area (Å²) in [4.78, 5) is 24.2. The summed E-state index contributed by atoms with van der Waals surface area (Å²) < 4.78 is 5.24. The van der Waals surface area contributed by atoms with Crippen LogP contribution in [0.5, 0.6) is 5.75 Å². The molecule has 2 aromatic rings. The van der Waals surface area contributed by atoms with E-state index in [1.807, 2.05) is 43.3 Å². The molecule has 1 aliphatic rings. The molecule has 0 spiro atoms. The molecule has 3 N–H and O–H groups in total. The highest BCUT2D eigenvalue weighted by Crippen LogP contribution is 2.36. The molecule has 0 saturated heterocycles. The fourth-order valence-corrected chi connectivity index (χ4v) is 3.52. The predicted molar refractivity (Wildman–Crippen MR) is 106 cm³/mol. The number of amides is 2. The average Bonchev–Trinajstić information content (AvgIpc) is 2.71. The summed E-state index contributed by atoms with van der Waals surface area (Å²) in [6.07, 6.45) is 2.17. The van der Waals surface area contributed by atoms with Crippen LogP contribution in [0.3, 0.4) is 0 Å². The third kappa shape index (κ3) is 4.51. The second-order valence-electron chi connectivity index (χ2n) is 7.26. The van der Waals surface area contributed by atoms with Gasteiger partial charge < -0.3 is 20.5 Å². The summed E-state index contributed by atoms with van der Waals surface area (Å²) in [6, 6.07) is 13.3. The molecule has 148 valence electrons. The van der Waals surface area contributed by atoms with Gasteiger partial charge >= 0.3 is 11.8 Å². The van der Waals surface area contributed by atoms with E-state index < -0.39 is 17.4 Å². The highest BCUT2D eigenvalue weighted by atomic mass is 16.5. The summed E-state index contributed by atoms with van der Waals surface area (Å²) in [7, 11) is 1.60. The van der Waals surface area contributed by atoms with E-state index in [0.717, 1.165) is 40.8 Å². The number of rotatable bonds is 5. The maximum atomic E-state index is 12.2. The van der Waals surface area contributed by atoms with Crippen molar-refractivity contribution in [2.75, 3.05) is 13.7 Å². The van der Waals surface area contributed by atoms with E-state index in [1.54, 1.807) is 13.2 Å². The fourth-order valence-electron chi connectivity index (χ4n) is 3.52. The molecule has 0 aliphatic heterocycles. The van der Waals surface area contributed by atoms with E-state index in [-0.39, 0.29) is 13.1 Å². The van der Waals surface area contributed by atoms with Crippen LogP contribution >= 0.6 is 0 Å². The molecular formula is C22H26N2O4. The molecule has 0 aromatic heterocycles. The van der Waals surface area contributed by atoms with Crippen LogP contribution in [0.2, 0.25) is 0 Å². The SMILES string of the molecule is COc1ccc2c(c1)CCCC2(O)CNC(=O)C(=O)NCc1ccc(C)cc1. The van der Waals surface area contributed by atoms with E-state index in [2.05, 4.69) is 10.6 Å². The second-order valence-corrected chi connectivity index (χ2v) is 7.26. The van der Waals surface area contributed by atoms with Crippen molar-refractivity contribution in [2.24, 2.45) is 0 Å². The van der Waals surface area contributed by atoms with Crippen molar-refractivity contribution in [3.63, 3.8) is 0 Å². The monoisotopic (exact) mass is 382 g/mol. The summed E-state index contributed by atoms with van der Waals surface area (Å²) in [5.41, 5.74) is 2.64. The van der Waals surface area contributed by atoms with E-state index >= 15 is 0 Å². The Morgan fingerprint density at radius 1 is 1.11 bits per heavy atom. The summed E-state index contributed by atoms with van der Waals surface area (Å²) in [6.45, 7) is 2.25. The van der Waals surface area contributed by atoms with Crippen molar-refractivity contribution in [3.8, 4) is 5.75 Å². The van der Waals surface area contributed by atoms with Crippen LogP contribution in [0.1, 0.15) is 35.1 Å². The maximum absolute atomic E-state index is 12.2. The first kappa shape index (κ1) is 19.9. The zero-order valence-corrected chi connectivity index (χ0v) is 16.2. The van der Waals surface area contributed by atoms with Crippen LogP contribution in [-0.4, -0.2) is 30.6 Å². The highest BCUT2D eigenvalue weighted by molar-refractivity contribution is 6.35. The Kier molecular flexibility index (Phi) is 5.99. The first-order chi connectivity index (χ1) is 13.4. The number of carbonyl (C=O) groups is 2. The minimum Gasteiger partial charge on any atom is -0.497 e. The lowest BCUT2D eigenvalue weighted by molar-refractivity contribution is -0.140. The van der Waals surface area contributed by atoms with Crippen LogP contribution in [0.15, 0.2) is 42.5 Å². The van der Waals surface area contributed by atoms with Gasteiger partial charge in [0.05, 0.1) is 13.7 Å². The smallest absolute Gasteiger partial charge is 0.309 e. The number of ether oxygens (including phenoxy) is 1. The van der Waals surface area contributed by atoms with Gasteiger partial charge in [0, 0.05) is 6.54 Å². The van der Waals surface area contributed by atoms with Crippen LogP contribution < -0.4 is 15.4 Å². The molecule has 0 saturated carbocycles. The third-order valence-corrected chi connectivity index (χ3v) is 5.17. The first-order valence-electron chi connectivity index (χ1n) is 9.42. The molecule has 1 aliphatic carbocycles. The van der Waals surface area contributed by atoms with Crippen molar-refractivity contribution < 1.29 is 19.4 Å². The molecule has 1 unspecified atom stereocenters. The van der Waals surface area contributed by atoms with E-state index in [9.17, 15) is 14.7 Å². The van der Waals surface area contributed by atoms with Crippen LogP contribution in [0.4, 0.5) is 0 Å². The Morgan fingerprint density at radius 2 is 1.82 bits per heavy atom. The Labute approximate surface area is 164 Å². The molecule has 6 heteroatoms. The van der Waals surface area contributed by atoms with Gasteiger partial charge in [-0.25, -0.2) is 0 Å². The molecule has 2 aromatic carbocycles. The number of aryl methyl sites for hydroxylation is 2. The zero-order valence-electron chi connectivity index (χ0n) is 16.2. The molecule has 1 atom stereocenters. The fraction of sp³-hybridized carbons (Fsp3) is 0.364. The Morgan fingerprint density at radius 3 is 2.54 bits per heavy atom. The summed E-state index contributed by atoms with van der Waals surface area (Å²) >= 11 is 0. The van der Waals surface area contributed by atoms with E-state index in [4.69, 9.17) is 4.74 Å². The maximum Gasteiger partial charge on any atom is 0.309 e. The number of hydrogen-bond donors (Lipinski definition) is 3. The minimum atomic E-state index is -1.19. The Balaban J connectivity index is 1.58. The van der Waals surface area contributed by atoms with Crippen LogP contribution in [0, 0.1) is 6.92 Å². The van der Waals surface area contributed by atoms with Crippen molar-refractivity contribution in [1.29, 1.82) is 0 Å². The van der Waals surface area contributed by atoms with Gasteiger partial charge in [-0.05, 0) is 55.0 Å². The van der Waals surface area contributed by atoms with Crippen molar-refractivity contribution >= 4 is 11.8 Å². The van der Waals surface area contributed by atoms with Crippen molar-refractivity contribution in [3.05, 3.63) is 64.7 Å². The lowest BCUT2D eigenvalue weighted by atomic mass is 9.79. The molecule has 2 amide bonds. The average molecular weight is 382 g/mol. The van der Waals surface area contributed by atoms with Gasteiger partial charge in [0.25, 0.3) is 0 Å². The first-order valence-corrected chi connectivity index (χ1v) is 9.42. The molecule has 6 nitrogen and oxygen atoms in total. The third-order valence-electron chi connectivity index (χ3n) is 5.17. The molecule has 0 heterocycles.